The van der Waals surface area contributed by atoms with Crippen molar-refractivity contribution in [1.82, 2.24) is 4.98 Å². The predicted octanol–water partition coefficient (Wildman–Crippen LogP) is 2.54. The van der Waals surface area contributed by atoms with Gasteiger partial charge in [0.25, 0.3) is 0 Å². The summed E-state index contributed by atoms with van der Waals surface area (Å²) in [4.78, 5) is 4.32. The number of aryl methyl sites for hydroxylation is 1. The molecule has 1 fully saturated rings. The molecule has 0 radical (unpaired) electrons. The highest BCUT2D eigenvalue weighted by Crippen LogP contribution is 2.28. The van der Waals surface area contributed by atoms with Gasteiger partial charge in [0.2, 0.25) is 0 Å². The van der Waals surface area contributed by atoms with Crippen LogP contribution in [0, 0.1) is 10.6 Å². The van der Waals surface area contributed by atoms with E-state index in [4.69, 9.17) is 4.74 Å². The van der Waals surface area contributed by atoms with Gasteiger partial charge in [0.1, 0.15) is 3.70 Å². The van der Waals surface area contributed by atoms with Gasteiger partial charge in [0.05, 0.1) is 6.10 Å². The first-order chi connectivity index (χ1) is 5.75. The zero-order valence-corrected chi connectivity index (χ0v) is 9.04. The summed E-state index contributed by atoms with van der Waals surface area (Å²) in [5, 5.41) is 0. The Morgan fingerprint density at radius 3 is 2.83 bits per heavy atom. The number of hydrogen-bond donors (Lipinski definition) is 0. The average molecular weight is 275 g/mol. The van der Waals surface area contributed by atoms with Gasteiger partial charge >= 0.3 is 0 Å². The fourth-order valence-electron chi connectivity index (χ4n) is 0.966. The number of rotatable bonds is 2. The third kappa shape index (κ3) is 1.88. The molecule has 0 N–H and O–H groups in total. The highest BCUT2D eigenvalue weighted by molar-refractivity contribution is 14.1. The molecule has 12 heavy (non-hydrogen) atoms. The Hall–Kier alpha value is -0.320. The highest BCUT2D eigenvalue weighted by Gasteiger charge is 2.24. The second kappa shape index (κ2) is 3.20. The van der Waals surface area contributed by atoms with Crippen LogP contribution in [0.3, 0.4) is 0 Å². The number of halogens is 1. The molecule has 0 unspecified atom stereocenters. The topological polar surface area (TPSA) is 22.1 Å². The molecule has 0 spiro atoms. The van der Waals surface area contributed by atoms with Crippen LogP contribution >= 0.6 is 22.6 Å². The van der Waals surface area contributed by atoms with Gasteiger partial charge in [-0.05, 0) is 54.5 Å². The summed E-state index contributed by atoms with van der Waals surface area (Å²) in [5.41, 5.74) is 1.04. The molecule has 1 aromatic rings. The largest absolute Gasteiger partial charge is 0.488 e. The molecule has 1 saturated carbocycles. The van der Waals surface area contributed by atoms with E-state index in [2.05, 4.69) is 27.6 Å². The van der Waals surface area contributed by atoms with Crippen LogP contribution in [0.2, 0.25) is 0 Å². The maximum Gasteiger partial charge on any atom is 0.151 e. The average Bonchev–Trinajstić information content (AvgIpc) is 2.79. The van der Waals surface area contributed by atoms with Crippen LogP contribution in [0.1, 0.15) is 18.5 Å². The Kier molecular flexibility index (Phi) is 2.21. The Bertz CT molecular complexity index is 297. The fourth-order valence-corrected chi connectivity index (χ4v) is 1.65. The van der Waals surface area contributed by atoms with Gasteiger partial charge in [-0.2, -0.15) is 0 Å². The minimum atomic E-state index is 0.461. The summed E-state index contributed by atoms with van der Waals surface area (Å²) in [6.07, 6.45) is 2.86. The third-order valence-corrected chi connectivity index (χ3v) is 2.54. The van der Waals surface area contributed by atoms with E-state index in [9.17, 15) is 0 Å². The number of aromatic nitrogens is 1. The second-order valence-corrected chi connectivity index (χ2v) is 4.08. The van der Waals surface area contributed by atoms with Crippen molar-refractivity contribution in [2.45, 2.75) is 25.9 Å². The van der Waals surface area contributed by atoms with Gasteiger partial charge in [0, 0.05) is 5.69 Å². The lowest BCUT2D eigenvalue weighted by Crippen LogP contribution is -1.99. The molecule has 0 aliphatic heterocycles. The molecule has 2 rings (SSSR count). The van der Waals surface area contributed by atoms with Crippen LogP contribution in [0.4, 0.5) is 0 Å². The first kappa shape index (κ1) is 8.29. The van der Waals surface area contributed by atoms with E-state index in [-0.39, 0.29) is 0 Å². The number of hydrogen-bond acceptors (Lipinski definition) is 2. The third-order valence-electron chi connectivity index (χ3n) is 1.77. The van der Waals surface area contributed by atoms with E-state index in [1.807, 2.05) is 19.1 Å². The van der Waals surface area contributed by atoms with Gasteiger partial charge in [0.15, 0.2) is 5.75 Å². The van der Waals surface area contributed by atoms with Crippen molar-refractivity contribution in [3.05, 3.63) is 21.5 Å². The molecule has 1 heterocycles. The molecular weight excluding hydrogens is 265 g/mol. The van der Waals surface area contributed by atoms with Crippen molar-refractivity contribution in [3.63, 3.8) is 0 Å². The summed E-state index contributed by atoms with van der Waals surface area (Å²) in [5.74, 6) is 0.934. The highest BCUT2D eigenvalue weighted by atomic mass is 127. The lowest BCUT2D eigenvalue weighted by Gasteiger charge is -2.05. The SMILES string of the molecule is Cc1ccc(OC2CC2)c(I)n1. The standard InChI is InChI=1S/C9H10INO/c1-6-2-5-8(9(10)11-6)12-7-3-4-7/h2,5,7H,3-4H2,1H3. The molecule has 1 aliphatic rings. The quantitative estimate of drug-likeness (QED) is 0.611. The molecule has 0 saturated heterocycles. The van der Waals surface area contributed by atoms with Gasteiger partial charge in [-0.3, -0.25) is 0 Å². The minimum Gasteiger partial charge on any atom is -0.488 e. The summed E-state index contributed by atoms with van der Waals surface area (Å²) in [7, 11) is 0. The van der Waals surface area contributed by atoms with E-state index in [0.717, 1.165) is 15.1 Å². The molecule has 2 nitrogen and oxygen atoms in total. The lowest BCUT2D eigenvalue weighted by atomic mass is 10.4. The molecule has 3 heteroatoms. The Labute approximate surface area is 85.5 Å². The summed E-state index contributed by atoms with van der Waals surface area (Å²) < 4.78 is 6.61. The van der Waals surface area contributed by atoms with Gasteiger partial charge in [-0.25, -0.2) is 4.98 Å². The predicted molar refractivity (Wildman–Crippen MR) is 55.3 cm³/mol. The van der Waals surface area contributed by atoms with E-state index in [1.165, 1.54) is 12.8 Å². The van der Waals surface area contributed by atoms with Crippen LogP contribution in [0.5, 0.6) is 5.75 Å². The van der Waals surface area contributed by atoms with E-state index >= 15 is 0 Å². The van der Waals surface area contributed by atoms with Gasteiger partial charge < -0.3 is 4.74 Å². The molecular formula is C9H10INO. The molecule has 64 valence electrons. The molecule has 1 aromatic heterocycles. The van der Waals surface area contributed by atoms with E-state index in [1.54, 1.807) is 0 Å². The van der Waals surface area contributed by atoms with Crippen molar-refractivity contribution in [3.8, 4) is 5.75 Å². The van der Waals surface area contributed by atoms with Crippen LogP contribution in [0.25, 0.3) is 0 Å². The minimum absolute atomic E-state index is 0.461. The maximum absolute atomic E-state index is 5.64. The van der Waals surface area contributed by atoms with Crippen molar-refractivity contribution >= 4 is 22.6 Å². The van der Waals surface area contributed by atoms with Crippen molar-refractivity contribution in [1.29, 1.82) is 0 Å². The summed E-state index contributed by atoms with van der Waals surface area (Å²) >= 11 is 2.21. The Morgan fingerprint density at radius 2 is 2.25 bits per heavy atom. The fraction of sp³-hybridized carbons (Fsp3) is 0.444. The first-order valence-corrected chi connectivity index (χ1v) is 5.13. The van der Waals surface area contributed by atoms with E-state index in [0.29, 0.717) is 6.10 Å². The van der Waals surface area contributed by atoms with Gasteiger partial charge in [-0.15, -0.1) is 0 Å². The molecule has 0 atom stereocenters. The van der Waals surface area contributed by atoms with Crippen LogP contribution < -0.4 is 4.74 Å². The molecule has 0 aromatic carbocycles. The Balaban J connectivity index is 2.18. The Morgan fingerprint density at radius 1 is 1.50 bits per heavy atom. The van der Waals surface area contributed by atoms with Crippen LogP contribution in [0.15, 0.2) is 12.1 Å². The second-order valence-electron chi connectivity index (χ2n) is 3.06. The van der Waals surface area contributed by atoms with Crippen LogP contribution in [-0.2, 0) is 0 Å². The van der Waals surface area contributed by atoms with Gasteiger partial charge in [-0.1, -0.05) is 0 Å². The number of pyridine rings is 1. The molecule has 0 bridgehead atoms. The zero-order valence-electron chi connectivity index (χ0n) is 6.88. The first-order valence-electron chi connectivity index (χ1n) is 4.05. The van der Waals surface area contributed by atoms with Crippen molar-refractivity contribution < 1.29 is 4.74 Å². The van der Waals surface area contributed by atoms with E-state index < -0.39 is 0 Å². The molecule has 1 aliphatic carbocycles. The van der Waals surface area contributed by atoms with Crippen LogP contribution in [-0.4, -0.2) is 11.1 Å². The lowest BCUT2D eigenvalue weighted by molar-refractivity contribution is 0.299. The summed E-state index contributed by atoms with van der Waals surface area (Å²) in [6.45, 7) is 1.99. The van der Waals surface area contributed by atoms with Crippen molar-refractivity contribution in [2.75, 3.05) is 0 Å². The zero-order chi connectivity index (χ0) is 8.55. The maximum atomic E-state index is 5.64. The summed E-state index contributed by atoms with van der Waals surface area (Å²) in [6, 6.07) is 3.99. The number of ether oxygens (including phenoxy) is 1. The van der Waals surface area contributed by atoms with Crippen molar-refractivity contribution in [2.24, 2.45) is 0 Å². The normalized spacial score (nSPS) is 16.2. The number of nitrogens with zero attached hydrogens (tertiary/aromatic N) is 1. The smallest absolute Gasteiger partial charge is 0.151 e. The molecule has 0 amide bonds. The monoisotopic (exact) mass is 275 g/mol.